The van der Waals surface area contributed by atoms with E-state index < -0.39 is 0 Å². The van der Waals surface area contributed by atoms with Crippen molar-refractivity contribution in [3.63, 3.8) is 0 Å². The van der Waals surface area contributed by atoms with E-state index in [0.717, 1.165) is 12.2 Å². The van der Waals surface area contributed by atoms with E-state index in [1.165, 1.54) is 44.2 Å². The molecule has 33 heavy (non-hydrogen) atoms. The summed E-state index contributed by atoms with van der Waals surface area (Å²) in [6.45, 7) is 2.35. The lowest BCUT2D eigenvalue weighted by Gasteiger charge is -2.31. The van der Waals surface area contributed by atoms with Gasteiger partial charge in [-0.1, -0.05) is 73.7 Å². The van der Waals surface area contributed by atoms with Gasteiger partial charge in [0.15, 0.2) is 0 Å². The van der Waals surface area contributed by atoms with Gasteiger partial charge in [0.2, 0.25) is 0 Å². The minimum absolute atomic E-state index is 0.0890. The molecule has 3 atom stereocenters. The van der Waals surface area contributed by atoms with Crippen molar-refractivity contribution in [2.24, 2.45) is 5.92 Å². The first-order valence-corrected chi connectivity index (χ1v) is 11.8. The first kappa shape index (κ1) is 18.8. The largest absolute Gasteiger partial charge is 0.485 e. The van der Waals surface area contributed by atoms with E-state index in [-0.39, 0.29) is 6.10 Å². The molecule has 0 radical (unpaired) electrons. The molecular formula is C31H25NO. The highest BCUT2D eigenvalue weighted by Crippen LogP contribution is 2.50. The maximum Gasteiger partial charge on any atom is 0.131 e. The third-order valence-electron chi connectivity index (χ3n) is 7.51. The normalized spacial score (nSPS) is 21.5. The monoisotopic (exact) mass is 427 g/mol. The van der Waals surface area contributed by atoms with Gasteiger partial charge in [0.1, 0.15) is 11.9 Å². The molecule has 2 aliphatic rings. The second kappa shape index (κ2) is 7.11. The smallest absolute Gasteiger partial charge is 0.131 e. The third-order valence-corrected chi connectivity index (χ3v) is 7.51. The average Bonchev–Trinajstić information content (AvgIpc) is 3.41. The van der Waals surface area contributed by atoms with Crippen molar-refractivity contribution in [1.29, 1.82) is 0 Å². The molecule has 0 fully saturated rings. The Morgan fingerprint density at radius 2 is 1.52 bits per heavy atom. The highest BCUT2D eigenvalue weighted by molar-refractivity contribution is 6.10. The summed E-state index contributed by atoms with van der Waals surface area (Å²) < 4.78 is 8.92. The molecule has 0 saturated heterocycles. The SMILES string of the molecule is CC1CC=C(c2ccc3c(c2)c2ccccc2n3-c2ccccc2)C2Oc3ccccc3C12. The van der Waals surface area contributed by atoms with Gasteiger partial charge in [0.25, 0.3) is 0 Å². The van der Waals surface area contributed by atoms with Crippen molar-refractivity contribution in [3.05, 3.63) is 114 Å². The van der Waals surface area contributed by atoms with Crippen molar-refractivity contribution in [1.82, 2.24) is 4.57 Å². The molecule has 0 amide bonds. The summed E-state index contributed by atoms with van der Waals surface area (Å²) in [4.78, 5) is 0. The zero-order valence-corrected chi connectivity index (χ0v) is 18.6. The molecule has 1 aliphatic heterocycles. The summed E-state index contributed by atoms with van der Waals surface area (Å²) in [6.07, 6.45) is 3.58. The van der Waals surface area contributed by atoms with Crippen LogP contribution in [0, 0.1) is 5.92 Å². The standard InChI is InChI=1S/C31H25NO/c1-20-15-17-23(31-30(20)25-12-6-8-14-29(25)33-31)21-16-18-28-26(19-21)24-11-5-7-13-27(24)32(28)22-9-3-2-4-10-22/h2-14,16-20,30-31H,15H2,1H3. The zero-order valence-electron chi connectivity index (χ0n) is 18.6. The Morgan fingerprint density at radius 3 is 2.42 bits per heavy atom. The molecule has 0 N–H and O–H groups in total. The van der Waals surface area contributed by atoms with Crippen LogP contribution in [0.4, 0.5) is 0 Å². The number of para-hydroxylation sites is 3. The Morgan fingerprint density at radius 1 is 0.758 bits per heavy atom. The van der Waals surface area contributed by atoms with Crippen LogP contribution in [0.3, 0.4) is 0 Å². The fraction of sp³-hybridized carbons (Fsp3) is 0.161. The Kier molecular flexibility index (Phi) is 4.04. The third kappa shape index (κ3) is 2.74. The minimum Gasteiger partial charge on any atom is -0.485 e. The molecule has 160 valence electrons. The Balaban J connectivity index is 1.41. The number of hydrogen-bond acceptors (Lipinski definition) is 1. The molecule has 3 unspecified atom stereocenters. The Bertz CT molecular complexity index is 1540. The number of benzene rings is 4. The Hall–Kier alpha value is -3.78. The zero-order chi connectivity index (χ0) is 21.9. The van der Waals surface area contributed by atoms with Crippen LogP contribution in [0.2, 0.25) is 0 Å². The molecule has 2 heterocycles. The van der Waals surface area contributed by atoms with E-state index in [0.29, 0.717) is 11.8 Å². The van der Waals surface area contributed by atoms with E-state index in [9.17, 15) is 0 Å². The van der Waals surface area contributed by atoms with Gasteiger partial charge >= 0.3 is 0 Å². The fourth-order valence-corrected chi connectivity index (χ4v) is 5.96. The van der Waals surface area contributed by atoms with E-state index >= 15 is 0 Å². The van der Waals surface area contributed by atoms with E-state index in [4.69, 9.17) is 4.74 Å². The molecule has 0 bridgehead atoms. The predicted molar refractivity (Wildman–Crippen MR) is 136 cm³/mol. The average molecular weight is 428 g/mol. The number of nitrogens with zero attached hydrogens (tertiary/aromatic N) is 1. The number of hydrogen-bond donors (Lipinski definition) is 0. The summed E-state index contributed by atoms with van der Waals surface area (Å²) in [5, 5.41) is 2.58. The van der Waals surface area contributed by atoms with Gasteiger partial charge < -0.3 is 9.30 Å². The second-order valence-electron chi connectivity index (χ2n) is 9.39. The van der Waals surface area contributed by atoms with Crippen molar-refractivity contribution < 1.29 is 4.74 Å². The lowest BCUT2D eigenvalue weighted by Crippen LogP contribution is -2.28. The van der Waals surface area contributed by atoms with Crippen molar-refractivity contribution in [3.8, 4) is 11.4 Å². The van der Waals surface area contributed by atoms with Crippen LogP contribution < -0.4 is 4.74 Å². The molecule has 5 aromatic rings. The van der Waals surface area contributed by atoms with Gasteiger partial charge in [-0.25, -0.2) is 0 Å². The summed E-state index contributed by atoms with van der Waals surface area (Å²) in [5.41, 5.74) is 7.63. The molecule has 4 aromatic carbocycles. The van der Waals surface area contributed by atoms with Gasteiger partial charge in [-0.05, 0) is 59.9 Å². The van der Waals surface area contributed by atoms with Crippen LogP contribution in [0.1, 0.15) is 30.4 Å². The fourth-order valence-electron chi connectivity index (χ4n) is 5.96. The van der Waals surface area contributed by atoms with Gasteiger partial charge in [-0.3, -0.25) is 0 Å². The first-order valence-electron chi connectivity index (χ1n) is 11.8. The maximum absolute atomic E-state index is 6.55. The summed E-state index contributed by atoms with van der Waals surface area (Å²) in [5.74, 6) is 2.04. The van der Waals surface area contributed by atoms with Crippen molar-refractivity contribution in [2.45, 2.75) is 25.4 Å². The van der Waals surface area contributed by atoms with Crippen LogP contribution in [0.15, 0.2) is 103 Å². The number of aromatic nitrogens is 1. The van der Waals surface area contributed by atoms with E-state index in [2.05, 4.69) is 115 Å². The van der Waals surface area contributed by atoms with E-state index in [1.807, 2.05) is 0 Å². The van der Waals surface area contributed by atoms with Crippen molar-refractivity contribution in [2.75, 3.05) is 0 Å². The quantitative estimate of drug-likeness (QED) is 0.281. The molecule has 7 rings (SSSR count). The first-order chi connectivity index (χ1) is 16.3. The minimum atomic E-state index is 0.0890. The van der Waals surface area contributed by atoms with Gasteiger partial charge in [0.05, 0.1) is 11.0 Å². The van der Waals surface area contributed by atoms with Crippen LogP contribution in [-0.2, 0) is 0 Å². The lowest BCUT2D eigenvalue weighted by atomic mass is 9.74. The maximum atomic E-state index is 6.55. The topological polar surface area (TPSA) is 14.2 Å². The molecule has 0 saturated carbocycles. The highest BCUT2D eigenvalue weighted by Gasteiger charge is 2.42. The molecular weight excluding hydrogens is 402 g/mol. The number of rotatable bonds is 2. The number of allylic oxidation sites excluding steroid dienone is 1. The Labute approximate surface area is 193 Å². The number of fused-ring (bicyclic) bond motifs is 6. The van der Waals surface area contributed by atoms with Crippen molar-refractivity contribution >= 4 is 27.4 Å². The molecule has 2 nitrogen and oxygen atoms in total. The van der Waals surface area contributed by atoms with Crippen LogP contribution in [0.5, 0.6) is 5.75 Å². The van der Waals surface area contributed by atoms with Gasteiger partial charge in [0, 0.05) is 27.9 Å². The summed E-state index contributed by atoms with van der Waals surface area (Å²) in [7, 11) is 0. The number of ether oxygens (including phenoxy) is 1. The molecule has 2 heteroatoms. The molecule has 1 aromatic heterocycles. The van der Waals surface area contributed by atoms with E-state index in [1.54, 1.807) is 0 Å². The molecule has 0 spiro atoms. The molecule has 1 aliphatic carbocycles. The highest BCUT2D eigenvalue weighted by atomic mass is 16.5. The lowest BCUT2D eigenvalue weighted by molar-refractivity contribution is 0.227. The van der Waals surface area contributed by atoms with Crippen LogP contribution >= 0.6 is 0 Å². The second-order valence-corrected chi connectivity index (χ2v) is 9.39. The summed E-state index contributed by atoms with van der Waals surface area (Å²) in [6, 6.07) is 34.9. The van der Waals surface area contributed by atoms with Gasteiger partial charge in [-0.2, -0.15) is 0 Å². The van der Waals surface area contributed by atoms with Crippen LogP contribution in [0.25, 0.3) is 33.1 Å². The van der Waals surface area contributed by atoms with Gasteiger partial charge in [-0.15, -0.1) is 0 Å². The van der Waals surface area contributed by atoms with Crippen LogP contribution in [-0.4, -0.2) is 10.7 Å². The predicted octanol–water partition coefficient (Wildman–Crippen LogP) is 7.75. The summed E-state index contributed by atoms with van der Waals surface area (Å²) >= 11 is 0.